The Kier molecular flexibility index (Phi) is 4.17. The Hall–Kier alpha value is -1.37. The zero-order valence-corrected chi connectivity index (χ0v) is 11.5. The van der Waals surface area contributed by atoms with Gasteiger partial charge in [-0.25, -0.2) is 4.98 Å². The predicted octanol–water partition coefficient (Wildman–Crippen LogP) is 2.23. The molecule has 0 amide bonds. The molecule has 2 rings (SSSR count). The van der Waals surface area contributed by atoms with E-state index >= 15 is 0 Å². The zero-order valence-electron chi connectivity index (χ0n) is 11.5. The van der Waals surface area contributed by atoms with Crippen molar-refractivity contribution in [3.63, 3.8) is 0 Å². The third-order valence-corrected chi connectivity index (χ3v) is 3.67. The molecule has 1 aromatic rings. The van der Waals surface area contributed by atoms with Crippen LogP contribution in [-0.2, 0) is 0 Å². The van der Waals surface area contributed by atoms with Crippen molar-refractivity contribution in [2.24, 2.45) is 5.92 Å². The van der Waals surface area contributed by atoms with Gasteiger partial charge in [-0.3, -0.25) is 4.98 Å². The van der Waals surface area contributed by atoms with Crippen molar-refractivity contribution in [3.05, 3.63) is 17.6 Å². The number of halogens is 3. The van der Waals surface area contributed by atoms with Gasteiger partial charge in [0.15, 0.2) is 6.10 Å². The third kappa shape index (κ3) is 3.20. The molecule has 1 aliphatic heterocycles. The molecule has 1 aliphatic rings. The summed E-state index contributed by atoms with van der Waals surface area (Å²) in [5, 5.41) is 9.29. The smallest absolute Gasteiger partial charge is 0.383 e. The molecule has 1 aromatic heterocycles. The molecule has 7 heteroatoms. The second kappa shape index (κ2) is 5.55. The lowest BCUT2D eigenvalue weighted by Gasteiger charge is -2.35. The summed E-state index contributed by atoms with van der Waals surface area (Å²) in [6.45, 7) is 4.57. The van der Waals surface area contributed by atoms with Gasteiger partial charge < -0.3 is 10.0 Å². The van der Waals surface area contributed by atoms with E-state index in [4.69, 9.17) is 0 Å². The summed E-state index contributed by atoms with van der Waals surface area (Å²) in [5.41, 5.74) is 1.55. The van der Waals surface area contributed by atoms with Crippen LogP contribution in [-0.4, -0.2) is 40.4 Å². The molecule has 20 heavy (non-hydrogen) atoms. The first kappa shape index (κ1) is 15.0. The van der Waals surface area contributed by atoms with E-state index in [0.717, 1.165) is 17.2 Å². The summed E-state index contributed by atoms with van der Waals surface area (Å²) in [5.74, 6) is -0.00530. The Balaban J connectivity index is 2.03. The maximum Gasteiger partial charge on any atom is 0.414 e. The summed E-state index contributed by atoms with van der Waals surface area (Å²) >= 11 is 0. The Morgan fingerprint density at radius 3 is 2.45 bits per heavy atom. The van der Waals surface area contributed by atoms with Crippen molar-refractivity contribution in [3.8, 4) is 0 Å². The van der Waals surface area contributed by atoms with Crippen LogP contribution in [0.2, 0.25) is 0 Å². The van der Waals surface area contributed by atoms with Gasteiger partial charge in [0, 0.05) is 19.3 Å². The predicted molar refractivity (Wildman–Crippen MR) is 68.5 cm³/mol. The molecule has 1 saturated heterocycles. The van der Waals surface area contributed by atoms with Gasteiger partial charge in [0.1, 0.15) is 5.82 Å². The molecule has 112 valence electrons. The van der Waals surface area contributed by atoms with Crippen LogP contribution in [0.15, 0.2) is 6.20 Å². The van der Waals surface area contributed by atoms with Crippen LogP contribution in [0.5, 0.6) is 0 Å². The van der Waals surface area contributed by atoms with Gasteiger partial charge in [-0.2, -0.15) is 13.2 Å². The minimum atomic E-state index is -4.54. The molecule has 0 unspecified atom stereocenters. The highest BCUT2D eigenvalue weighted by Crippen LogP contribution is 2.32. The van der Waals surface area contributed by atoms with Crippen molar-refractivity contribution < 1.29 is 18.3 Å². The fourth-order valence-corrected chi connectivity index (χ4v) is 2.52. The minimum Gasteiger partial charge on any atom is -0.383 e. The van der Waals surface area contributed by atoms with E-state index in [1.807, 2.05) is 18.7 Å². The number of anilines is 1. The number of aryl methyl sites for hydroxylation is 2. The molecule has 0 saturated carbocycles. The minimum absolute atomic E-state index is 0.301. The quantitative estimate of drug-likeness (QED) is 0.907. The molecular formula is C13H18F3N3O. The van der Waals surface area contributed by atoms with Crippen LogP contribution in [0, 0.1) is 19.8 Å². The Labute approximate surface area is 115 Å². The molecule has 0 aliphatic carbocycles. The second-order valence-corrected chi connectivity index (χ2v) is 5.23. The largest absolute Gasteiger partial charge is 0.414 e. The van der Waals surface area contributed by atoms with E-state index in [9.17, 15) is 18.3 Å². The van der Waals surface area contributed by atoms with Crippen molar-refractivity contribution in [1.29, 1.82) is 0 Å². The molecule has 0 bridgehead atoms. The number of nitrogens with zero attached hydrogens (tertiary/aromatic N) is 3. The van der Waals surface area contributed by atoms with Crippen LogP contribution in [0.3, 0.4) is 0 Å². The average Bonchev–Trinajstić information content (AvgIpc) is 2.40. The van der Waals surface area contributed by atoms with Gasteiger partial charge in [-0.05, 0) is 32.6 Å². The van der Waals surface area contributed by atoms with Crippen LogP contribution in [0.4, 0.5) is 19.0 Å². The lowest BCUT2D eigenvalue weighted by molar-refractivity contribution is -0.221. The highest BCUT2D eigenvalue weighted by molar-refractivity contribution is 5.43. The lowest BCUT2D eigenvalue weighted by Crippen LogP contribution is -2.43. The third-order valence-electron chi connectivity index (χ3n) is 3.67. The lowest BCUT2D eigenvalue weighted by atomic mass is 9.91. The first-order valence-electron chi connectivity index (χ1n) is 6.59. The van der Waals surface area contributed by atoms with Gasteiger partial charge in [-0.1, -0.05) is 0 Å². The summed E-state index contributed by atoms with van der Waals surface area (Å²) in [7, 11) is 0. The normalized spacial score (nSPS) is 19.2. The van der Waals surface area contributed by atoms with Crippen molar-refractivity contribution in [1.82, 2.24) is 9.97 Å². The number of aliphatic hydroxyl groups excluding tert-OH is 1. The van der Waals surface area contributed by atoms with E-state index in [0.29, 0.717) is 25.9 Å². The van der Waals surface area contributed by atoms with E-state index in [2.05, 4.69) is 9.97 Å². The number of hydrogen-bond donors (Lipinski definition) is 1. The molecule has 0 spiro atoms. The van der Waals surface area contributed by atoms with Gasteiger partial charge in [-0.15, -0.1) is 0 Å². The number of aromatic nitrogens is 2. The van der Waals surface area contributed by atoms with Gasteiger partial charge >= 0.3 is 6.18 Å². The fraction of sp³-hybridized carbons (Fsp3) is 0.692. The molecule has 1 fully saturated rings. The number of rotatable bonds is 2. The standard InChI is InChI=1S/C13H18F3N3O/c1-8-7-17-9(2)12(18-8)19-5-3-10(4-6-19)11(20)13(14,15)16/h7,10-11,20H,3-6H2,1-2H3/t11-/m1/s1. The number of hydrogen-bond acceptors (Lipinski definition) is 4. The Bertz CT molecular complexity index is 470. The zero-order chi connectivity index (χ0) is 14.9. The average molecular weight is 289 g/mol. The molecule has 1 N–H and O–H groups in total. The Morgan fingerprint density at radius 1 is 1.30 bits per heavy atom. The summed E-state index contributed by atoms with van der Waals surface area (Å²) < 4.78 is 37.5. The maximum atomic E-state index is 12.5. The number of alkyl halides is 3. The molecule has 0 radical (unpaired) electrons. The summed E-state index contributed by atoms with van der Waals surface area (Å²) in [4.78, 5) is 10.5. The highest BCUT2D eigenvalue weighted by Gasteiger charge is 2.44. The molecule has 4 nitrogen and oxygen atoms in total. The molecule has 0 aromatic carbocycles. The van der Waals surface area contributed by atoms with Crippen LogP contribution in [0.25, 0.3) is 0 Å². The maximum absolute atomic E-state index is 12.5. The highest BCUT2D eigenvalue weighted by atomic mass is 19.4. The molecule has 2 heterocycles. The first-order chi connectivity index (χ1) is 9.29. The van der Waals surface area contributed by atoms with Gasteiger partial charge in [0.25, 0.3) is 0 Å². The molecular weight excluding hydrogens is 271 g/mol. The van der Waals surface area contributed by atoms with Crippen LogP contribution >= 0.6 is 0 Å². The Morgan fingerprint density at radius 2 is 1.90 bits per heavy atom. The van der Waals surface area contributed by atoms with Crippen molar-refractivity contribution >= 4 is 5.82 Å². The number of piperidine rings is 1. The number of aliphatic hydroxyl groups is 1. The van der Waals surface area contributed by atoms with Gasteiger partial charge in [0.05, 0.1) is 11.4 Å². The SMILES string of the molecule is Cc1cnc(C)c(N2CCC([C@@H](O)C(F)(F)F)CC2)n1. The van der Waals surface area contributed by atoms with Crippen molar-refractivity contribution in [2.45, 2.75) is 39.0 Å². The fourth-order valence-electron chi connectivity index (χ4n) is 2.52. The van der Waals surface area contributed by atoms with Crippen LogP contribution < -0.4 is 4.90 Å². The molecule has 1 atom stereocenters. The summed E-state index contributed by atoms with van der Waals surface area (Å²) in [6, 6.07) is 0. The summed E-state index contributed by atoms with van der Waals surface area (Å²) in [6.07, 6.45) is -4.49. The van der Waals surface area contributed by atoms with Gasteiger partial charge in [0.2, 0.25) is 0 Å². The topological polar surface area (TPSA) is 49.2 Å². The van der Waals surface area contributed by atoms with E-state index < -0.39 is 18.2 Å². The van der Waals surface area contributed by atoms with E-state index in [1.165, 1.54) is 0 Å². The monoisotopic (exact) mass is 289 g/mol. The second-order valence-electron chi connectivity index (χ2n) is 5.23. The first-order valence-corrected chi connectivity index (χ1v) is 6.59. The van der Waals surface area contributed by atoms with Crippen molar-refractivity contribution in [2.75, 3.05) is 18.0 Å². The van der Waals surface area contributed by atoms with Crippen LogP contribution in [0.1, 0.15) is 24.2 Å². The van der Waals surface area contributed by atoms with E-state index in [-0.39, 0.29) is 0 Å². The van der Waals surface area contributed by atoms with E-state index in [1.54, 1.807) is 6.20 Å².